The molecule has 1 saturated heterocycles. The van der Waals surface area contributed by atoms with E-state index in [1.807, 2.05) is 0 Å². The second-order valence-corrected chi connectivity index (χ2v) is 3.96. The van der Waals surface area contributed by atoms with Gasteiger partial charge in [-0.15, -0.1) is 0 Å². The van der Waals surface area contributed by atoms with Crippen LogP contribution in [0.3, 0.4) is 0 Å². The molecular formula is C9H18N2O. The van der Waals surface area contributed by atoms with Gasteiger partial charge in [-0.3, -0.25) is 0 Å². The zero-order valence-electron chi connectivity index (χ0n) is 7.54. The number of nitrogens with two attached hydrogens (primary N) is 1. The molecule has 2 fully saturated rings. The van der Waals surface area contributed by atoms with E-state index in [-0.39, 0.29) is 0 Å². The molecule has 1 aliphatic heterocycles. The van der Waals surface area contributed by atoms with Gasteiger partial charge in [-0.1, -0.05) is 0 Å². The molecule has 0 aromatic rings. The van der Waals surface area contributed by atoms with Crippen LogP contribution in [0.1, 0.15) is 32.1 Å². The Kier molecular flexibility index (Phi) is 2.63. The number of hydrogen-bond donors (Lipinski definition) is 1. The van der Waals surface area contributed by atoms with Gasteiger partial charge < -0.3 is 9.74 Å². The molecule has 2 rings (SSSR count). The fourth-order valence-electron chi connectivity index (χ4n) is 2.25. The van der Waals surface area contributed by atoms with Crippen molar-refractivity contribution in [2.75, 3.05) is 13.1 Å². The van der Waals surface area contributed by atoms with Gasteiger partial charge in [0.1, 0.15) is 0 Å². The minimum absolute atomic E-state index is 0.336. The van der Waals surface area contributed by atoms with E-state index in [2.05, 4.69) is 4.90 Å². The topological polar surface area (TPSA) is 38.5 Å². The van der Waals surface area contributed by atoms with Crippen LogP contribution in [0.25, 0.3) is 0 Å². The van der Waals surface area contributed by atoms with E-state index in [1.165, 1.54) is 32.4 Å². The molecule has 0 aromatic heterocycles. The van der Waals surface area contributed by atoms with Gasteiger partial charge >= 0.3 is 0 Å². The average Bonchev–Trinajstić information content (AvgIpc) is 2.03. The van der Waals surface area contributed by atoms with Crippen LogP contribution < -0.4 is 5.90 Å². The lowest BCUT2D eigenvalue weighted by atomic mass is 9.90. The van der Waals surface area contributed by atoms with Crippen molar-refractivity contribution in [2.45, 2.75) is 44.2 Å². The molecule has 1 heterocycles. The highest BCUT2D eigenvalue weighted by atomic mass is 16.6. The van der Waals surface area contributed by atoms with Crippen LogP contribution in [-0.2, 0) is 4.84 Å². The van der Waals surface area contributed by atoms with Crippen LogP contribution in [0.15, 0.2) is 0 Å². The van der Waals surface area contributed by atoms with E-state index in [0.29, 0.717) is 6.10 Å². The summed E-state index contributed by atoms with van der Waals surface area (Å²) in [4.78, 5) is 7.44. The van der Waals surface area contributed by atoms with Gasteiger partial charge in [0.15, 0.2) is 0 Å². The van der Waals surface area contributed by atoms with Gasteiger partial charge in [-0.25, -0.2) is 5.90 Å². The zero-order valence-corrected chi connectivity index (χ0v) is 7.54. The second kappa shape index (κ2) is 3.73. The first-order valence-electron chi connectivity index (χ1n) is 5.00. The van der Waals surface area contributed by atoms with Crippen LogP contribution in [-0.4, -0.2) is 30.1 Å². The Hall–Kier alpha value is -0.120. The van der Waals surface area contributed by atoms with Crippen LogP contribution >= 0.6 is 0 Å². The fourth-order valence-corrected chi connectivity index (χ4v) is 2.25. The molecular weight excluding hydrogens is 152 g/mol. The zero-order chi connectivity index (χ0) is 8.39. The van der Waals surface area contributed by atoms with Gasteiger partial charge in [-0.05, 0) is 45.2 Å². The summed E-state index contributed by atoms with van der Waals surface area (Å²) in [5, 5.41) is 0. The van der Waals surface area contributed by atoms with E-state index in [0.717, 1.165) is 18.9 Å². The van der Waals surface area contributed by atoms with Crippen molar-refractivity contribution in [2.24, 2.45) is 5.90 Å². The summed E-state index contributed by atoms with van der Waals surface area (Å²) >= 11 is 0. The molecule has 0 unspecified atom stereocenters. The van der Waals surface area contributed by atoms with Gasteiger partial charge in [0.05, 0.1) is 6.10 Å². The van der Waals surface area contributed by atoms with Gasteiger partial charge in [0.2, 0.25) is 0 Å². The number of nitrogens with zero attached hydrogens (tertiary/aromatic N) is 1. The standard InChI is InChI=1S/C9H18N2O/c10-12-9-4-2-8(3-5-9)11-6-1-7-11/h8-9H,1-7,10H2. The van der Waals surface area contributed by atoms with E-state index < -0.39 is 0 Å². The maximum absolute atomic E-state index is 5.16. The predicted molar refractivity (Wildman–Crippen MR) is 47.5 cm³/mol. The van der Waals surface area contributed by atoms with Crippen molar-refractivity contribution in [3.63, 3.8) is 0 Å². The molecule has 2 N–H and O–H groups in total. The van der Waals surface area contributed by atoms with E-state index in [4.69, 9.17) is 10.7 Å². The first-order valence-corrected chi connectivity index (χ1v) is 5.00. The van der Waals surface area contributed by atoms with Crippen molar-refractivity contribution in [3.05, 3.63) is 0 Å². The molecule has 0 radical (unpaired) electrons. The third-order valence-corrected chi connectivity index (χ3v) is 3.24. The SMILES string of the molecule is NOC1CCC(N2CCC2)CC1. The highest BCUT2D eigenvalue weighted by Gasteiger charge is 2.28. The quantitative estimate of drug-likeness (QED) is 0.626. The van der Waals surface area contributed by atoms with Gasteiger partial charge in [-0.2, -0.15) is 0 Å². The number of rotatable bonds is 2. The van der Waals surface area contributed by atoms with Crippen molar-refractivity contribution in [1.29, 1.82) is 0 Å². The summed E-state index contributed by atoms with van der Waals surface area (Å²) < 4.78 is 0. The molecule has 12 heavy (non-hydrogen) atoms. The van der Waals surface area contributed by atoms with E-state index >= 15 is 0 Å². The molecule has 1 saturated carbocycles. The van der Waals surface area contributed by atoms with Crippen LogP contribution in [0.5, 0.6) is 0 Å². The van der Waals surface area contributed by atoms with E-state index in [1.54, 1.807) is 0 Å². The molecule has 0 aromatic carbocycles. The average molecular weight is 170 g/mol. The first kappa shape index (κ1) is 8.48. The Morgan fingerprint density at radius 3 is 2.17 bits per heavy atom. The highest BCUT2D eigenvalue weighted by molar-refractivity contribution is 4.83. The highest BCUT2D eigenvalue weighted by Crippen LogP contribution is 2.26. The molecule has 3 nitrogen and oxygen atoms in total. The van der Waals surface area contributed by atoms with Crippen molar-refractivity contribution >= 4 is 0 Å². The fraction of sp³-hybridized carbons (Fsp3) is 1.00. The van der Waals surface area contributed by atoms with Crippen molar-refractivity contribution in [1.82, 2.24) is 4.90 Å². The van der Waals surface area contributed by atoms with Crippen molar-refractivity contribution < 1.29 is 4.84 Å². The summed E-state index contributed by atoms with van der Waals surface area (Å²) in [6.45, 7) is 2.64. The Balaban J connectivity index is 1.74. The van der Waals surface area contributed by atoms with Crippen LogP contribution in [0.4, 0.5) is 0 Å². The molecule has 0 spiro atoms. The summed E-state index contributed by atoms with van der Waals surface area (Å²) in [5.74, 6) is 5.16. The Labute approximate surface area is 73.8 Å². The lowest BCUT2D eigenvalue weighted by Gasteiger charge is -2.41. The van der Waals surface area contributed by atoms with Crippen molar-refractivity contribution in [3.8, 4) is 0 Å². The monoisotopic (exact) mass is 170 g/mol. The summed E-state index contributed by atoms with van der Waals surface area (Å²) in [6.07, 6.45) is 6.59. The van der Waals surface area contributed by atoms with Crippen LogP contribution in [0.2, 0.25) is 0 Å². The molecule has 70 valence electrons. The summed E-state index contributed by atoms with van der Waals surface area (Å²) in [5.41, 5.74) is 0. The van der Waals surface area contributed by atoms with Gasteiger partial charge in [0, 0.05) is 6.04 Å². The number of hydrogen-bond acceptors (Lipinski definition) is 3. The maximum Gasteiger partial charge on any atom is 0.0788 e. The minimum Gasteiger partial charge on any atom is -0.301 e. The second-order valence-electron chi connectivity index (χ2n) is 3.96. The molecule has 2 aliphatic rings. The van der Waals surface area contributed by atoms with Crippen LogP contribution in [0, 0.1) is 0 Å². The lowest BCUT2D eigenvalue weighted by Crippen LogP contribution is -2.47. The smallest absolute Gasteiger partial charge is 0.0788 e. The molecule has 0 bridgehead atoms. The Morgan fingerprint density at radius 2 is 1.75 bits per heavy atom. The Morgan fingerprint density at radius 1 is 1.08 bits per heavy atom. The Bertz CT molecular complexity index is 139. The third kappa shape index (κ3) is 1.63. The number of likely N-dealkylation sites (tertiary alicyclic amines) is 1. The lowest BCUT2D eigenvalue weighted by molar-refractivity contribution is -0.00435. The summed E-state index contributed by atoms with van der Waals surface area (Å²) in [7, 11) is 0. The maximum atomic E-state index is 5.16. The molecule has 1 aliphatic carbocycles. The summed E-state index contributed by atoms with van der Waals surface area (Å²) in [6, 6.07) is 0.838. The normalized spacial score (nSPS) is 37.8. The van der Waals surface area contributed by atoms with E-state index in [9.17, 15) is 0 Å². The molecule has 0 amide bonds. The molecule has 0 atom stereocenters. The largest absolute Gasteiger partial charge is 0.301 e. The third-order valence-electron chi connectivity index (χ3n) is 3.24. The van der Waals surface area contributed by atoms with Gasteiger partial charge in [0.25, 0.3) is 0 Å². The predicted octanol–water partition coefficient (Wildman–Crippen LogP) is 0.894. The first-order chi connectivity index (χ1) is 5.90. The molecule has 3 heteroatoms. The minimum atomic E-state index is 0.336.